The van der Waals surface area contributed by atoms with E-state index in [2.05, 4.69) is 20.8 Å². The molecule has 1 amide bonds. The van der Waals surface area contributed by atoms with Gasteiger partial charge in [-0.1, -0.05) is 27.2 Å². The molecule has 1 aromatic rings. The number of carbonyl (C=O) groups is 1. The second-order valence-electron chi connectivity index (χ2n) is 6.60. The Morgan fingerprint density at radius 3 is 2.67 bits per heavy atom. The molecule has 4 heteroatoms. The number of hydrogen-bond donors (Lipinski definition) is 2. The van der Waals surface area contributed by atoms with Crippen molar-refractivity contribution in [2.75, 3.05) is 5.73 Å². The van der Waals surface area contributed by atoms with Gasteiger partial charge in [0.2, 0.25) is 0 Å². The molecule has 0 spiro atoms. The third-order valence-electron chi connectivity index (χ3n) is 4.51. The Hall–Kier alpha value is -1.71. The molecule has 1 aliphatic carbocycles. The van der Waals surface area contributed by atoms with Crippen LogP contribution in [0, 0.1) is 17.8 Å². The maximum atomic E-state index is 11.6. The van der Waals surface area contributed by atoms with Crippen LogP contribution in [0.3, 0.4) is 0 Å². The van der Waals surface area contributed by atoms with E-state index in [9.17, 15) is 4.79 Å². The van der Waals surface area contributed by atoms with Gasteiger partial charge in [0, 0.05) is 5.69 Å². The molecule has 2 rings (SSSR count). The van der Waals surface area contributed by atoms with Gasteiger partial charge in [-0.25, -0.2) is 0 Å². The fraction of sp³-hybridized carbons (Fsp3) is 0.588. The Morgan fingerprint density at radius 1 is 1.33 bits per heavy atom. The molecule has 1 aliphatic rings. The minimum Gasteiger partial charge on any atom is -0.489 e. The van der Waals surface area contributed by atoms with E-state index >= 15 is 0 Å². The van der Waals surface area contributed by atoms with E-state index in [-0.39, 0.29) is 6.10 Å². The second kappa shape index (κ2) is 6.37. The van der Waals surface area contributed by atoms with Crippen molar-refractivity contribution in [3.63, 3.8) is 0 Å². The van der Waals surface area contributed by atoms with Crippen molar-refractivity contribution in [2.45, 2.75) is 46.1 Å². The highest BCUT2D eigenvalue weighted by Crippen LogP contribution is 2.36. The van der Waals surface area contributed by atoms with Crippen molar-refractivity contribution in [1.29, 1.82) is 0 Å². The summed E-state index contributed by atoms with van der Waals surface area (Å²) in [6.45, 7) is 6.72. The summed E-state index contributed by atoms with van der Waals surface area (Å²) in [6, 6.07) is 5.10. The van der Waals surface area contributed by atoms with Gasteiger partial charge in [-0.05, 0) is 48.8 Å². The topological polar surface area (TPSA) is 78.3 Å². The van der Waals surface area contributed by atoms with Crippen LogP contribution in [0.25, 0.3) is 0 Å². The van der Waals surface area contributed by atoms with E-state index in [1.54, 1.807) is 18.2 Å². The third-order valence-corrected chi connectivity index (χ3v) is 4.51. The van der Waals surface area contributed by atoms with Crippen molar-refractivity contribution in [3.8, 4) is 5.75 Å². The Kier molecular flexibility index (Phi) is 4.76. The van der Waals surface area contributed by atoms with Crippen LogP contribution in [0.1, 0.15) is 50.4 Å². The van der Waals surface area contributed by atoms with Gasteiger partial charge in [0.1, 0.15) is 11.9 Å². The number of ether oxygens (including phenoxy) is 1. The zero-order valence-corrected chi connectivity index (χ0v) is 13.1. The first-order chi connectivity index (χ1) is 9.88. The van der Waals surface area contributed by atoms with Gasteiger partial charge < -0.3 is 16.2 Å². The Bertz CT molecular complexity index is 514. The summed E-state index contributed by atoms with van der Waals surface area (Å²) >= 11 is 0. The number of anilines is 1. The molecule has 0 aliphatic heterocycles. The van der Waals surface area contributed by atoms with Crippen molar-refractivity contribution in [1.82, 2.24) is 0 Å². The first-order valence-corrected chi connectivity index (χ1v) is 7.74. The molecule has 4 N–H and O–H groups in total. The first kappa shape index (κ1) is 15.7. The Balaban J connectivity index is 2.24. The van der Waals surface area contributed by atoms with Crippen LogP contribution in [0.5, 0.6) is 5.75 Å². The van der Waals surface area contributed by atoms with Crippen LogP contribution in [0.15, 0.2) is 18.2 Å². The Labute approximate surface area is 126 Å². The van der Waals surface area contributed by atoms with Gasteiger partial charge in [0.25, 0.3) is 5.91 Å². The molecule has 4 nitrogen and oxygen atoms in total. The fourth-order valence-electron chi connectivity index (χ4n) is 3.26. The number of benzene rings is 1. The predicted molar refractivity (Wildman–Crippen MR) is 85.1 cm³/mol. The number of nitrogen functional groups attached to an aromatic ring is 1. The smallest absolute Gasteiger partial charge is 0.252 e. The molecule has 3 unspecified atom stereocenters. The molecule has 1 fully saturated rings. The third kappa shape index (κ3) is 3.69. The van der Waals surface area contributed by atoms with Crippen molar-refractivity contribution >= 4 is 11.6 Å². The van der Waals surface area contributed by atoms with Crippen LogP contribution in [-0.4, -0.2) is 12.0 Å². The maximum Gasteiger partial charge on any atom is 0.252 e. The molecule has 0 bridgehead atoms. The molecule has 21 heavy (non-hydrogen) atoms. The lowest BCUT2D eigenvalue weighted by Crippen LogP contribution is -2.36. The summed E-state index contributed by atoms with van der Waals surface area (Å²) in [5, 5.41) is 0. The minimum absolute atomic E-state index is 0.135. The number of amides is 1. The fourth-order valence-corrected chi connectivity index (χ4v) is 3.26. The van der Waals surface area contributed by atoms with Gasteiger partial charge in [0.15, 0.2) is 0 Å². The summed E-state index contributed by atoms with van der Waals surface area (Å²) < 4.78 is 6.19. The number of nitrogens with two attached hydrogens (primary N) is 2. The number of rotatable bonds is 4. The van der Waals surface area contributed by atoms with Crippen molar-refractivity contribution in [2.24, 2.45) is 23.5 Å². The van der Waals surface area contributed by atoms with Crippen molar-refractivity contribution in [3.05, 3.63) is 23.8 Å². The molecular weight excluding hydrogens is 264 g/mol. The molecule has 116 valence electrons. The summed E-state index contributed by atoms with van der Waals surface area (Å²) in [7, 11) is 0. The van der Waals surface area contributed by atoms with Gasteiger partial charge in [-0.3, -0.25) is 4.79 Å². The highest BCUT2D eigenvalue weighted by molar-refractivity contribution is 5.96. The quantitative estimate of drug-likeness (QED) is 0.836. The van der Waals surface area contributed by atoms with Gasteiger partial charge in [-0.2, -0.15) is 0 Å². The van der Waals surface area contributed by atoms with Crippen LogP contribution >= 0.6 is 0 Å². The molecule has 1 saturated carbocycles. The second-order valence-corrected chi connectivity index (χ2v) is 6.60. The average Bonchev–Trinajstić information content (AvgIpc) is 2.40. The average molecular weight is 290 g/mol. The summed E-state index contributed by atoms with van der Waals surface area (Å²) in [6.07, 6.45) is 3.57. The zero-order valence-electron chi connectivity index (χ0n) is 13.1. The molecule has 0 heterocycles. The number of primary amides is 1. The summed E-state index contributed by atoms with van der Waals surface area (Å²) in [5.41, 5.74) is 12.1. The molecule has 1 aromatic carbocycles. The SMILES string of the molecule is CC1CCC(C(C)C)C(Oc2ccc(N)cc2C(N)=O)C1. The largest absolute Gasteiger partial charge is 0.489 e. The van der Waals surface area contributed by atoms with E-state index in [1.807, 2.05) is 0 Å². The molecule has 0 aromatic heterocycles. The monoisotopic (exact) mass is 290 g/mol. The molecule has 3 atom stereocenters. The van der Waals surface area contributed by atoms with Crippen molar-refractivity contribution < 1.29 is 9.53 Å². The van der Waals surface area contributed by atoms with E-state index in [1.165, 1.54) is 12.8 Å². The lowest BCUT2D eigenvalue weighted by molar-refractivity contribution is 0.0452. The highest BCUT2D eigenvalue weighted by Gasteiger charge is 2.32. The normalized spacial score (nSPS) is 25.8. The van der Waals surface area contributed by atoms with Gasteiger partial charge >= 0.3 is 0 Å². The number of hydrogen-bond acceptors (Lipinski definition) is 3. The van der Waals surface area contributed by atoms with Gasteiger partial charge in [0.05, 0.1) is 5.56 Å². The van der Waals surface area contributed by atoms with Crippen LogP contribution in [0.4, 0.5) is 5.69 Å². The van der Waals surface area contributed by atoms with Gasteiger partial charge in [-0.15, -0.1) is 0 Å². The standard InChI is InChI=1S/C17H26N2O2/c1-10(2)13-6-4-11(3)8-16(13)21-15-7-5-12(18)9-14(15)17(19)20/h5,7,9-11,13,16H,4,6,8,18H2,1-3H3,(H2,19,20). The molecule has 0 saturated heterocycles. The van der Waals surface area contributed by atoms with Crippen LogP contribution < -0.4 is 16.2 Å². The van der Waals surface area contributed by atoms with E-state index in [0.717, 1.165) is 6.42 Å². The summed E-state index contributed by atoms with van der Waals surface area (Å²) in [4.78, 5) is 11.6. The van der Waals surface area contributed by atoms with Crippen LogP contribution in [0.2, 0.25) is 0 Å². The lowest BCUT2D eigenvalue weighted by atomic mass is 9.75. The highest BCUT2D eigenvalue weighted by atomic mass is 16.5. The van der Waals surface area contributed by atoms with E-state index in [0.29, 0.717) is 34.8 Å². The maximum absolute atomic E-state index is 11.6. The number of carbonyl (C=O) groups excluding carboxylic acids is 1. The molecule has 0 radical (unpaired) electrons. The minimum atomic E-state index is -0.498. The lowest BCUT2D eigenvalue weighted by Gasteiger charge is -2.37. The summed E-state index contributed by atoms with van der Waals surface area (Å²) in [5.74, 6) is 1.78. The Morgan fingerprint density at radius 2 is 2.05 bits per heavy atom. The van der Waals surface area contributed by atoms with E-state index < -0.39 is 5.91 Å². The van der Waals surface area contributed by atoms with E-state index in [4.69, 9.17) is 16.2 Å². The molecular formula is C17H26N2O2. The first-order valence-electron chi connectivity index (χ1n) is 7.74. The van der Waals surface area contributed by atoms with Crippen LogP contribution in [-0.2, 0) is 0 Å². The predicted octanol–water partition coefficient (Wildman–Crippen LogP) is 3.21. The zero-order chi connectivity index (χ0) is 15.6.